The zero-order chi connectivity index (χ0) is 16.6. The summed E-state index contributed by atoms with van der Waals surface area (Å²) in [7, 11) is 0. The summed E-state index contributed by atoms with van der Waals surface area (Å²) in [6.07, 6.45) is 0.467. The highest BCUT2D eigenvalue weighted by molar-refractivity contribution is 5.96. The molecule has 1 aromatic rings. The van der Waals surface area contributed by atoms with Crippen molar-refractivity contribution < 1.29 is 14.3 Å². The molecule has 1 atom stereocenters. The van der Waals surface area contributed by atoms with E-state index >= 15 is 0 Å². The molecular formula is C16H25N3O3. The van der Waals surface area contributed by atoms with Gasteiger partial charge in [-0.2, -0.15) is 0 Å². The highest BCUT2D eigenvalue weighted by atomic mass is 16.6. The number of carbonyl (C=O) groups is 2. The molecule has 0 aliphatic carbocycles. The van der Waals surface area contributed by atoms with Crippen LogP contribution in [-0.4, -0.2) is 30.2 Å². The maximum atomic E-state index is 12.3. The maximum absolute atomic E-state index is 12.3. The molecular weight excluding hydrogens is 282 g/mol. The lowest BCUT2D eigenvalue weighted by molar-refractivity contribution is -0.118. The molecule has 1 unspecified atom stereocenters. The molecule has 0 saturated heterocycles. The molecule has 4 N–H and O–H groups in total. The van der Waals surface area contributed by atoms with Gasteiger partial charge >= 0.3 is 6.09 Å². The first-order valence-electron chi connectivity index (χ1n) is 7.37. The number of hydrogen-bond acceptors (Lipinski definition) is 4. The SMILES string of the molecule is CC(C)(C)OC(=O)NC(CCCN)C(=O)Nc1ccccc1. The standard InChI is InChI=1S/C16H25N3O3/c1-16(2,3)22-15(21)19-13(10-7-11-17)14(20)18-12-8-5-4-6-9-12/h4-6,8-9,13H,7,10-11,17H2,1-3H3,(H,18,20)(H,19,21). The highest BCUT2D eigenvalue weighted by Crippen LogP contribution is 2.10. The molecule has 0 spiro atoms. The Bertz CT molecular complexity index is 483. The fourth-order valence-electron chi connectivity index (χ4n) is 1.79. The molecule has 22 heavy (non-hydrogen) atoms. The Hall–Kier alpha value is -2.08. The fourth-order valence-corrected chi connectivity index (χ4v) is 1.79. The molecule has 0 saturated carbocycles. The van der Waals surface area contributed by atoms with Crippen LogP contribution in [0.25, 0.3) is 0 Å². The third-order valence-electron chi connectivity index (χ3n) is 2.75. The average Bonchev–Trinajstić information content (AvgIpc) is 2.42. The first-order chi connectivity index (χ1) is 10.3. The summed E-state index contributed by atoms with van der Waals surface area (Å²) in [5.41, 5.74) is 5.55. The van der Waals surface area contributed by atoms with Gasteiger partial charge in [-0.25, -0.2) is 4.79 Å². The number of benzene rings is 1. The molecule has 0 fully saturated rings. The second-order valence-corrected chi connectivity index (χ2v) is 5.98. The van der Waals surface area contributed by atoms with Crippen LogP contribution in [0.15, 0.2) is 30.3 Å². The summed E-state index contributed by atoms with van der Waals surface area (Å²) in [5.74, 6) is -0.287. The number of hydrogen-bond donors (Lipinski definition) is 3. The fraction of sp³-hybridized carbons (Fsp3) is 0.500. The largest absolute Gasteiger partial charge is 0.444 e. The molecule has 1 rings (SSSR count). The second kappa shape index (κ2) is 8.38. The van der Waals surface area contributed by atoms with Gasteiger partial charge in [-0.1, -0.05) is 18.2 Å². The number of alkyl carbamates (subject to hydrolysis) is 1. The third kappa shape index (κ3) is 7.08. The number of amides is 2. The Morgan fingerprint density at radius 1 is 1.23 bits per heavy atom. The van der Waals surface area contributed by atoms with Crippen LogP contribution in [0, 0.1) is 0 Å². The molecule has 0 aromatic heterocycles. The summed E-state index contributed by atoms with van der Waals surface area (Å²) in [4.78, 5) is 24.1. The number of anilines is 1. The lowest BCUT2D eigenvalue weighted by atomic mass is 10.1. The third-order valence-corrected chi connectivity index (χ3v) is 2.75. The minimum Gasteiger partial charge on any atom is -0.444 e. The van der Waals surface area contributed by atoms with Crippen molar-refractivity contribution in [2.24, 2.45) is 5.73 Å². The van der Waals surface area contributed by atoms with Crippen LogP contribution in [0.4, 0.5) is 10.5 Å². The van der Waals surface area contributed by atoms with Crippen LogP contribution in [0.2, 0.25) is 0 Å². The van der Waals surface area contributed by atoms with Crippen molar-refractivity contribution >= 4 is 17.7 Å². The topological polar surface area (TPSA) is 93.4 Å². The van der Waals surface area contributed by atoms with Gasteiger partial charge in [0.15, 0.2) is 0 Å². The van der Waals surface area contributed by atoms with Crippen LogP contribution in [0.3, 0.4) is 0 Å². The molecule has 6 heteroatoms. The summed E-state index contributed by atoms with van der Waals surface area (Å²) < 4.78 is 5.19. The maximum Gasteiger partial charge on any atom is 0.408 e. The molecule has 0 aliphatic rings. The van der Waals surface area contributed by atoms with E-state index in [1.807, 2.05) is 18.2 Å². The van der Waals surface area contributed by atoms with E-state index in [-0.39, 0.29) is 5.91 Å². The molecule has 0 bridgehead atoms. The Morgan fingerprint density at radius 2 is 1.86 bits per heavy atom. The summed E-state index contributed by atoms with van der Waals surface area (Å²) in [6.45, 7) is 5.76. The zero-order valence-corrected chi connectivity index (χ0v) is 13.4. The Labute approximate surface area is 131 Å². The van der Waals surface area contributed by atoms with Crippen molar-refractivity contribution in [1.82, 2.24) is 5.32 Å². The van der Waals surface area contributed by atoms with E-state index in [2.05, 4.69) is 10.6 Å². The van der Waals surface area contributed by atoms with E-state index in [1.165, 1.54) is 0 Å². The van der Waals surface area contributed by atoms with E-state index in [9.17, 15) is 9.59 Å². The smallest absolute Gasteiger partial charge is 0.408 e. The lowest BCUT2D eigenvalue weighted by Crippen LogP contribution is -2.46. The van der Waals surface area contributed by atoms with E-state index in [0.717, 1.165) is 0 Å². The molecule has 1 aromatic carbocycles. The molecule has 0 radical (unpaired) electrons. The van der Waals surface area contributed by atoms with Gasteiger partial charge in [0, 0.05) is 5.69 Å². The van der Waals surface area contributed by atoms with Crippen molar-refractivity contribution in [3.05, 3.63) is 30.3 Å². The molecule has 2 amide bonds. The minimum atomic E-state index is -0.682. The summed E-state index contributed by atoms with van der Waals surface area (Å²) >= 11 is 0. The van der Waals surface area contributed by atoms with E-state index in [1.54, 1.807) is 32.9 Å². The molecule has 122 valence electrons. The number of nitrogens with two attached hydrogens (primary N) is 1. The minimum absolute atomic E-state index is 0.287. The zero-order valence-electron chi connectivity index (χ0n) is 13.4. The molecule has 0 aliphatic heterocycles. The summed E-state index contributed by atoms with van der Waals surface area (Å²) in [5, 5.41) is 5.37. The number of nitrogens with one attached hydrogen (secondary N) is 2. The van der Waals surface area contributed by atoms with Crippen molar-refractivity contribution in [2.45, 2.75) is 45.3 Å². The quantitative estimate of drug-likeness (QED) is 0.751. The van der Waals surface area contributed by atoms with Gasteiger partial charge in [-0.05, 0) is 52.3 Å². The molecule has 6 nitrogen and oxygen atoms in total. The van der Waals surface area contributed by atoms with Gasteiger partial charge in [0.05, 0.1) is 0 Å². The van der Waals surface area contributed by atoms with Gasteiger partial charge in [0.25, 0.3) is 0 Å². The number of para-hydroxylation sites is 1. The van der Waals surface area contributed by atoms with Gasteiger partial charge in [0.1, 0.15) is 11.6 Å². The first-order valence-corrected chi connectivity index (χ1v) is 7.37. The second-order valence-electron chi connectivity index (χ2n) is 5.98. The average molecular weight is 307 g/mol. The number of rotatable bonds is 6. The Kier molecular flexibility index (Phi) is 6.85. The van der Waals surface area contributed by atoms with Crippen molar-refractivity contribution in [3.63, 3.8) is 0 Å². The number of ether oxygens (including phenoxy) is 1. The lowest BCUT2D eigenvalue weighted by Gasteiger charge is -2.23. The summed E-state index contributed by atoms with van der Waals surface area (Å²) in [6, 6.07) is 8.40. The normalized spacial score (nSPS) is 12.4. The van der Waals surface area contributed by atoms with E-state index < -0.39 is 17.7 Å². The van der Waals surface area contributed by atoms with Crippen LogP contribution >= 0.6 is 0 Å². The first kappa shape index (κ1) is 18.0. The highest BCUT2D eigenvalue weighted by Gasteiger charge is 2.24. The van der Waals surface area contributed by atoms with Crippen molar-refractivity contribution in [2.75, 3.05) is 11.9 Å². The number of carbonyl (C=O) groups excluding carboxylic acids is 2. The predicted octanol–water partition coefficient (Wildman–Crippen LogP) is 2.26. The Morgan fingerprint density at radius 3 is 2.41 bits per heavy atom. The van der Waals surface area contributed by atoms with Crippen molar-refractivity contribution in [1.29, 1.82) is 0 Å². The molecule has 0 heterocycles. The van der Waals surface area contributed by atoms with E-state index in [0.29, 0.717) is 25.1 Å². The van der Waals surface area contributed by atoms with Crippen LogP contribution in [0.5, 0.6) is 0 Å². The van der Waals surface area contributed by atoms with E-state index in [4.69, 9.17) is 10.5 Å². The monoisotopic (exact) mass is 307 g/mol. The van der Waals surface area contributed by atoms with Gasteiger partial charge in [0.2, 0.25) is 5.91 Å². The van der Waals surface area contributed by atoms with Gasteiger partial charge < -0.3 is 21.1 Å². The predicted molar refractivity (Wildman–Crippen MR) is 86.5 cm³/mol. The van der Waals surface area contributed by atoms with Gasteiger partial charge in [-0.15, -0.1) is 0 Å². The Balaban J connectivity index is 2.66. The van der Waals surface area contributed by atoms with Crippen LogP contribution in [0.1, 0.15) is 33.6 Å². The van der Waals surface area contributed by atoms with Crippen molar-refractivity contribution in [3.8, 4) is 0 Å². The van der Waals surface area contributed by atoms with Gasteiger partial charge in [-0.3, -0.25) is 4.79 Å². The van der Waals surface area contributed by atoms with Crippen LogP contribution in [-0.2, 0) is 9.53 Å². The van der Waals surface area contributed by atoms with Crippen LogP contribution < -0.4 is 16.4 Å².